The summed E-state index contributed by atoms with van der Waals surface area (Å²) in [4.78, 5) is 23.7. The van der Waals surface area contributed by atoms with Crippen LogP contribution >= 0.6 is 27.3 Å². The van der Waals surface area contributed by atoms with E-state index in [1.165, 1.54) is 24.5 Å². The third kappa shape index (κ3) is 3.21. The standard InChI is InChI=1S/C19H14BrN3O4S/c1-3-22-16(19(24)27-2)15(13(10-21)18(22)20)11-4-6-12(7-5-11)17-14(23(25)26)8-9-28-17/h4-9H,3H2,1-2H3. The van der Waals surface area contributed by atoms with E-state index in [9.17, 15) is 20.2 Å². The molecule has 2 aromatic heterocycles. The van der Waals surface area contributed by atoms with Crippen LogP contribution < -0.4 is 0 Å². The number of methoxy groups -OCH3 is 1. The van der Waals surface area contributed by atoms with Crippen molar-refractivity contribution < 1.29 is 14.5 Å². The summed E-state index contributed by atoms with van der Waals surface area (Å²) in [6.07, 6.45) is 0. The average Bonchev–Trinajstić information content (AvgIpc) is 3.30. The number of carbonyl (C=O) groups is 1. The van der Waals surface area contributed by atoms with Crippen LogP contribution in [0.2, 0.25) is 0 Å². The number of carbonyl (C=O) groups excluding carboxylic acids is 1. The molecular weight excluding hydrogens is 446 g/mol. The monoisotopic (exact) mass is 459 g/mol. The lowest BCUT2D eigenvalue weighted by Gasteiger charge is -2.09. The van der Waals surface area contributed by atoms with Crippen molar-refractivity contribution >= 4 is 38.9 Å². The highest BCUT2D eigenvalue weighted by atomic mass is 79.9. The van der Waals surface area contributed by atoms with E-state index in [0.29, 0.717) is 38.3 Å². The molecule has 7 nitrogen and oxygen atoms in total. The van der Waals surface area contributed by atoms with E-state index >= 15 is 0 Å². The summed E-state index contributed by atoms with van der Waals surface area (Å²) in [5, 5.41) is 22.5. The number of benzene rings is 1. The Labute approximate surface area is 173 Å². The number of nitriles is 1. The van der Waals surface area contributed by atoms with Gasteiger partial charge >= 0.3 is 5.97 Å². The van der Waals surface area contributed by atoms with Crippen molar-refractivity contribution in [3.8, 4) is 27.6 Å². The molecule has 9 heteroatoms. The van der Waals surface area contributed by atoms with Crippen molar-refractivity contribution in [1.29, 1.82) is 5.26 Å². The lowest BCUT2D eigenvalue weighted by atomic mass is 10.00. The SMILES string of the molecule is CCn1c(Br)c(C#N)c(-c2ccc(-c3sccc3[N+](=O)[O-])cc2)c1C(=O)OC. The molecule has 2 heterocycles. The molecule has 0 spiro atoms. The van der Waals surface area contributed by atoms with Gasteiger partial charge in [0.2, 0.25) is 0 Å². The highest BCUT2D eigenvalue weighted by Crippen LogP contribution is 2.39. The first-order valence-electron chi connectivity index (χ1n) is 8.17. The van der Waals surface area contributed by atoms with Crippen LogP contribution in [0.3, 0.4) is 0 Å². The second-order valence-corrected chi connectivity index (χ2v) is 7.37. The number of thiophene rings is 1. The molecule has 0 amide bonds. The van der Waals surface area contributed by atoms with Crippen LogP contribution in [0.4, 0.5) is 5.69 Å². The molecule has 0 saturated heterocycles. The normalized spacial score (nSPS) is 10.5. The molecular formula is C19H14BrN3O4S. The van der Waals surface area contributed by atoms with Gasteiger partial charge in [-0.3, -0.25) is 10.1 Å². The van der Waals surface area contributed by atoms with Gasteiger partial charge in [-0.25, -0.2) is 4.79 Å². The highest BCUT2D eigenvalue weighted by Gasteiger charge is 2.27. The second-order valence-electron chi connectivity index (χ2n) is 5.71. The molecule has 0 aliphatic carbocycles. The lowest BCUT2D eigenvalue weighted by Crippen LogP contribution is -2.11. The Hall–Kier alpha value is -2.96. The number of rotatable bonds is 5. The number of nitro groups is 1. The molecule has 1 aromatic carbocycles. The zero-order valence-electron chi connectivity index (χ0n) is 14.9. The predicted octanol–water partition coefficient (Wildman–Crippen LogP) is 5.23. The summed E-state index contributed by atoms with van der Waals surface area (Å²) in [6.45, 7) is 2.33. The van der Waals surface area contributed by atoms with Gasteiger partial charge in [-0.2, -0.15) is 5.26 Å². The fourth-order valence-corrected chi connectivity index (χ4v) is 4.61. The van der Waals surface area contributed by atoms with E-state index in [1.807, 2.05) is 6.92 Å². The van der Waals surface area contributed by atoms with Crippen molar-refractivity contribution in [3.05, 3.63) is 61.7 Å². The Morgan fingerprint density at radius 1 is 1.32 bits per heavy atom. The van der Waals surface area contributed by atoms with Gasteiger partial charge in [-0.05, 0) is 39.4 Å². The van der Waals surface area contributed by atoms with E-state index in [-0.39, 0.29) is 11.4 Å². The van der Waals surface area contributed by atoms with Gasteiger partial charge in [0, 0.05) is 18.2 Å². The quantitative estimate of drug-likeness (QED) is 0.295. The third-order valence-electron chi connectivity index (χ3n) is 4.28. The van der Waals surface area contributed by atoms with Crippen LogP contribution in [0, 0.1) is 21.4 Å². The topological polar surface area (TPSA) is 98.2 Å². The Kier molecular flexibility index (Phi) is 5.63. The first-order valence-corrected chi connectivity index (χ1v) is 9.84. The van der Waals surface area contributed by atoms with Gasteiger partial charge in [0.1, 0.15) is 21.2 Å². The Morgan fingerprint density at radius 3 is 2.50 bits per heavy atom. The van der Waals surface area contributed by atoms with Gasteiger partial charge in [0.05, 0.1) is 17.6 Å². The number of hydrogen-bond donors (Lipinski definition) is 0. The molecule has 0 radical (unpaired) electrons. The molecule has 0 bridgehead atoms. The summed E-state index contributed by atoms with van der Waals surface area (Å²) in [5.41, 5.74) is 2.46. The lowest BCUT2D eigenvalue weighted by molar-refractivity contribution is -0.383. The molecule has 0 unspecified atom stereocenters. The number of aromatic nitrogens is 1. The van der Waals surface area contributed by atoms with Crippen LogP contribution in [0.15, 0.2) is 40.3 Å². The van der Waals surface area contributed by atoms with Crippen molar-refractivity contribution in [2.45, 2.75) is 13.5 Å². The summed E-state index contributed by atoms with van der Waals surface area (Å²) >= 11 is 4.68. The molecule has 0 saturated carbocycles. The molecule has 28 heavy (non-hydrogen) atoms. The van der Waals surface area contributed by atoms with Crippen LogP contribution in [-0.4, -0.2) is 22.6 Å². The largest absolute Gasteiger partial charge is 0.464 e. The van der Waals surface area contributed by atoms with Gasteiger partial charge in [0.15, 0.2) is 0 Å². The van der Waals surface area contributed by atoms with E-state index in [0.717, 1.165) is 0 Å². The summed E-state index contributed by atoms with van der Waals surface area (Å²) in [6, 6.07) is 10.6. The van der Waals surface area contributed by atoms with Crippen molar-refractivity contribution in [2.24, 2.45) is 0 Å². The smallest absolute Gasteiger partial charge is 0.355 e. The summed E-state index contributed by atoms with van der Waals surface area (Å²) < 4.78 is 7.10. The summed E-state index contributed by atoms with van der Waals surface area (Å²) in [7, 11) is 1.29. The van der Waals surface area contributed by atoms with Gasteiger partial charge in [0.25, 0.3) is 5.69 Å². The Bertz CT molecular complexity index is 1110. The first-order chi connectivity index (χ1) is 13.4. The van der Waals surface area contributed by atoms with Crippen LogP contribution in [0.25, 0.3) is 21.6 Å². The maximum Gasteiger partial charge on any atom is 0.355 e. The molecule has 3 aromatic rings. The maximum absolute atomic E-state index is 12.4. The molecule has 3 rings (SSSR count). The van der Waals surface area contributed by atoms with E-state index < -0.39 is 10.9 Å². The van der Waals surface area contributed by atoms with E-state index in [2.05, 4.69) is 22.0 Å². The first kappa shape index (κ1) is 19.8. The van der Waals surface area contributed by atoms with Gasteiger partial charge in [-0.15, -0.1) is 11.3 Å². The minimum atomic E-state index is -0.544. The van der Waals surface area contributed by atoms with Crippen molar-refractivity contribution in [3.63, 3.8) is 0 Å². The third-order valence-corrected chi connectivity index (χ3v) is 6.06. The fraction of sp³-hybridized carbons (Fsp3) is 0.158. The average molecular weight is 460 g/mol. The van der Waals surface area contributed by atoms with Crippen molar-refractivity contribution in [1.82, 2.24) is 4.57 Å². The zero-order valence-corrected chi connectivity index (χ0v) is 17.3. The van der Waals surface area contributed by atoms with Crippen LogP contribution in [0.5, 0.6) is 0 Å². The number of esters is 1. The molecule has 0 atom stereocenters. The molecule has 0 N–H and O–H groups in total. The fourth-order valence-electron chi connectivity index (χ4n) is 3.03. The Morgan fingerprint density at radius 2 is 1.96 bits per heavy atom. The van der Waals surface area contributed by atoms with E-state index in [1.54, 1.807) is 34.2 Å². The number of ether oxygens (including phenoxy) is 1. The van der Waals surface area contributed by atoms with Gasteiger partial charge in [-0.1, -0.05) is 24.3 Å². The van der Waals surface area contributed by atoms with Gasteiger partial charge < -0.3 is 9.30 Å². The summed E-state index contributed by atoms with van der Waals surface area (Å²) in [5.74, 6) is -0.544. The molecule has 0 fully saturated rings. The second kappa shape index (κ2) is 7.96. The van der Waals surface area contributed by atoms with Crippen LogP contribution in [0.1, 0.15) is 23.0 Å². The minimum Gasteiger partial charge on any atom is -0.464 e. The Balaban J connectivity index is 2.17. The maximum atomic E-state index is 12.4. The predicted molar refractivity (Wildman–Crippen MR) is 109 cm³/mol. The van der Waals surface area contributed by atoms with Crippen LogP contribution in [-0.2, 0) is 11.3 Å². The molecule has 0 aliphatic rings. The highest BCUT2D eigenvalue weighted by molar-refractivity contribution is 9.10. The van der Waals surface area contributed by atoms with E-state index in [4.69, 9.17) is 4.74 Å². The number of halogens is 1. The zero-order chi connectivity index (χ0) is 20.4. The minimum absolute atomic E-state index is 0.0468. The van der Waals surface area contributed by atoms with Crippen molar-refractivity contribution in [2.75, 3.05) is 7.11 Å². The number of hydrogen-bond acceptors (Lipinski definition) is 6. The number of nitrogens with zero attached hydrogens (tertiary/aromatic N) is 3. The molecule has 142 valence electrons. The molecule has 0 aliphatic heterocycles.